The van der Waals surface area contributed by atoms with Crippen molar-refractivity contribution in [3.8, 4) is 0 Å². The van der Waals surface area contributed by atoms with Crippen molar-refractivity contribution in [2.75, 3.05) is 0 Å². The Morgan fingerprint density at radius 2 is 1.71 bits per heavy atom. The summed E-state index contributed by atoms with van der Waals surface area (Å²) in [6, 6.07) is 13.8. The molecule has 0 bridgehead atoms. The van der Waals surface area contributed by atoms with Gasteiger partial charge in [0, 0.05) is 22.7 Å². The van der Waals surface area contributed by atoms with Crippen LogP contribution in [0.4, 0.5) is 0 Å². The van der Waals surface area contributed by atoms with Crippen LogP contribution in [0.15, 0.2) is 59.6 Å². The maximum absolute atomic E-state index is 12.5. The third-order valence-electron chi connectivity index (χ3n) is 3.53. The number of para-hydroxylation sites is 1. The highest BCUT2D eigenvalue weighted by Crippen LogP contribution is 2.31. The van der Waals surface area contributed by atoms with E-state index in [-0.39, 0.29) is 4.90 Å². The number of aromatic amines is 1. The first kappa shape index (κ1) is 13.9. The van der Waals surface area contributed by atoms with Gasteiger partial charge in [-0.1, -0.05) is 35.9 Å². The molecular formula is C16H15NO3S. The van der Waals surface area contributed by atoms with E-state index in [0.29, 0.717) is 10.9 Å². The first-order valence-electron chi connectivity index (χ1n) is 6.55. The summed E-state index contributed by atoms with van der Waals surface area (Å²) in [4.78, 5) is 3.09. The number of aliphatic hydroxyl groups is 1. The summed E-state index contributed by atoms with van der Waals surface area (Å²) in [6.07, 6.45) is 1.54. The van der Waals surface area contributed by atoms with Crippen LogP contribution in [0, 0.1) is 6.92 Å². The Kier molecular flexibility index (Phi) is 3.31. The minimum absolute atomic E-state index is 0.117. The van der Waals surface area contributed by atoms with E-state index in [1.165, 1.54) is 12.1 Å². The highest BCUT2D eigenvalue weighted by Gasteiger charge is 2.28. The number of aryl methyl sites for hydroxylation is 1. The predicted molar refractivity (Wildman–Crippen MR) is 81.6 cm³/mol. The summed E-state index contributed by atoms with van der Waals surface area (Å²) in [5.74, 6) is 0. The van der Waals surface area contributed by atoms with E-state index in [0.717, 1.165) is 11.1 Å². The fourth-order valence-electron chi connectivity index (χ4n) is 2.32. The molecule has 1 atom stereocenters. The van der Waals surface area contributed by atoms with Gasteiger partial charge in [-0.05, 0) is 25.1 Å². The van der Waals surface area contributed by atoms with Gasteiger partial charge in [-0.25, -0.2) is 8.42 Å². The lowest BCUT2D eigenvalue weighted by Gasteiger charge is -2.11. The van der Waals surface area contributed by atoms with E-state index < -0.39 is 15.3 Å². The molecule has 4 nitrogen and oxygen atoms in total. The monoisotopic (exact) mass is 301 g/mol. The van der Waals surface area contributed by atoms with Gasteiger partial charge in [0.15, 0.2) is 5.44 Å². The number of aliphatic hydroxyl groups excluding tert-OH is 1. The van der Waals surface area contributed by atoms with E-state index in [2.05, 4.69) is 4.98 Å². The molecule has 2 aromatic carbocycles. The Morgan fingerprint density at radius 1 is 1.05 bits per heavy atom. The molecule has 3 aromatic rings. The summed E-state index contributed by atoms with van der Waals surface area (Å²) in [7, 11) is -3.83. The molecule has 0 radical (unpaired) electrons. The standard InChI is InChI=1S/C16H15NO3S/c1-11-6-8-12(9-7-11)21(19,20)16(18)14-10-17-15-5-3-2-4-13(14)15/h2-10,16-18H,1H3/t16-/m0/s1. The second kappa shape index (κ2) is 5.02. The van der Waals surface area contributed by atoms with Crippen LogP contribution in [0.2, 0.25) is 0 Å². The van der Waals surface area contributed by atoms with E-state index in [1.54, 1.807) is 24.4 Å². The molecule has 5 heteroatoms. The number of rotatable bonds is 3. The summed E-state index contributed by atoms with van der Waals surface area (Å²) >= 11 is 0. The van der Waals surface area contributed by atoms with Crippen molar-refractivity contribution in [2.45, 2.75) is 17.3 Å². The van der Waals surface area contributed by atoms with Gasteiger partial charge in [0.1, 0.15) is 0 Å². The number of sulfone groups is 1. The lowest BCUT2D eigenvalue weighted by molar-refractivity contribution is 0.256. The maximum Gasteiger partial charge on any atom is 0.209 e. The molecule has 0 amide bonds. The minimum Gasteiger partial charge on any atom is -0.373 e. The molecule has 1 heterocycles. The molecule has 0 saturated carbocycles. The van der Waals surface area contributed by atoms with Gasteiger partial charge in [0.25, 0.3) is 0 Å². The maximum atomic E-state index is 12.5. The zero-order valence-corrected chi connectivity index (χ0v) is 12.3. The van der Waals surface area contributed by atoms with Crippen molar-refractivity contribution in [1.29, 1.82) is 0 Å². The van der Waals surface area contributed by atoms with Crippen LogP contribution in [-0.4, -0.2) is 18.5 Å². The second-order valence-corrected chi connectivity index (χ2v) is 7.01. The third kappa shape index (κ3) is 2.34. The molecule has 1 aromatic heterocycles. The van der Waals surface area contributed by atoms with E-state index in [9.17, 15) is 13.5 Å². The summed E-state index contributed by atoms with van der Waals surface area (Å²) < 4.78 is 25.0. The molecule has 0 aliphatic carbocycles. The van der Waals surface area contributed by atoms with Crippen LogP contribution in [0.25, 0.3) is 10.9 Å². The van der Waals surface area contributed by atoms with E-state index in [1.807, 2.05) is 25.1 Å². The topological polar surface area (TPSA) is 70.2 Å². The Morgan fingerprint density at radius 3 is 2.43 bits per heavy atom. The Labute approximate surface area is 123 Å². The van der Waals surface area contributed by atoms with Crippen molar-refractivity contribution in [2.24, 2.45) is 0 Å². The zero-order valence-electron chi connectivity index (χ0n) is 11.4. The molecule has 0 fully saturated rings. The van der Waals surface area contributed by atoms with Gasteiger partial charge in [-0.15, -0.1) is 0 Å². The normalized spacial score (nSPS) is 13.4. The first-order valence-corrected chi connectivity index (χ1v) is 8.09. The van der Waals surface area contributed by atoms with Gasteiger partial charge in [-0.2, -0.15) is 0 Å². The largest absolute Gasteiger partial charge is 0.373 e. The van der Waals surface area contributed by atoms with Crippen LogP contribution >= 0.6 is 0 Å². The fourth-order valence-corrected chi connectivity index (χ4v) is 3.62. The van der Waals surface area contributed by atoms with Crippen LogP contribution in [0.5, 0.6) is 0 Å². The van der Waals surface area contributed by atoms with Gasteiger partial charge in [-0.3, -0.25) is 0 Å². The zero-order chi connectivity index (χ0) is 15.0. The van der Waals surface area contributed by atoms with Crippen LogP contribution < -0.4 is 0 Å². The van der Waals surface area contributed by atoms with Crippen molar-refractivity contribution >= 4 is 20.7 Å². The molecule has 0 unspecified atom stereocenters. The number of aromatic nitrogens is 1. The SMILES string of the molecule is Cc1ccc(S(=O)(=O)[C@H](O)c2c[nH]c3ccccc23)cc1. The number of fused-ring (bicyclic) bond motifs is 1. The highest BCUT2D eigenvalue weighted by atomic mass is 32.2. The van der Waals surface area contributed by atoms with E-state index >= 15 is 0 Å². The molecule has 3 rings (SSSR count). The summed E-state index contributed by atoms with van der Waals surface area (Å²) in [5.41, 5.74) is 0.545. The Balaban J connectivity index is 2.08. The molecule has 0 spiro atoms. The molecular weight excluding hydrogens is 286 g/mol. The first-order chi connectivity index (χ1) is 10.00. The molecule has 0 aliphatic rings. The molecule has 21 heavy (non-hydrogen) atoms. The van der Waals surface area contributed by atoms with Gasteiger partial charge >= 0.3 is 0 Å². The lowest BCUT2D eigenvalue weighted by Crippen LogP contribution is -2.12. The van der Waals surface area contributed by atoms with E-state index in [4.69, 9.17) is 0 Å². The highest BCUT2D eigenvalue weighted by molar-refractivity contribution is 7.91. The smallest absolute Gasteiger partial charge is 0.209 e. The lowest BCUT2D eigenvalue weighted by atomic mass is 10.2. The molecule has 2 N–H and O–H groups in total. The molecule has 0 aliphatic heterocycles. The number of nitrogens with one attached hydrogen (secondary N) is 1. The average Bonchev–Trinajstić information content (AvgIpc) is 2.90. The minimum atomic E-state index is -3.83. The average molecular weight is 301 g/mol. The number of hydrogen-bond acceptors (Lipinski definition) is 3. The molecule has 0 saturated heterocycles. The van der Waals surface area contributed by atoms with Crippen LogP contribution in [0.1, 0.15) is 16.6 Å². The van der Waals surface area contributed by atoms with Crippen LogP contribution in [0.3, 0.4) is 0 Å². The van der Waals surface area contributed by atoms with Gasteiger partial charge in [0.2, 0.25) is 9.84 Å². The quantitative estimate of drug-likeness (QED) is 0.781. The summed E-state index contributed by atoms with van der Waals surface area (Å²) in [5, 5.41) is 11.1. The Bertz CT molecular complexity index is 879. The second-order valence-electron chi connectivity index (χ2n) is 5.00. The van der Waals surface area contributed by atoms with Crippen molar-refractivity contribution in [1.82, 2.24) is 4.98 Å². The number of H-pyrrole nitrogens is 1. The van der Waals surface area contributed by atoms with Crippen molar-refractivity contribution < 1.29 is 13.5 Å². The number of hydrogen-bond donors (Lipinski definition) is 2. The van der Waals surface area contributed by atoms with Gasteiger partial charge in [0.05, 0.1) is 4.90 Å². The Hall–Kier alpha value is -2.11. The molecule has 108 valence electrons. The third-order valence-corrected chi connectivity index (χ3v) is 5.30. The van der Waals surface area contributed by atoms with Crippen molar-refractivity contribution in [3.05, 3.63) is 65.9 Å². The predicted octanol–water partition coefficient (Wildman–Crippen LogP) is 2.94. The van der Waals surface area contributed by atoms with Crippen LogP contribution in [-0.2, 0) is 9.84 Å². The fraction of sp³-hybridized carbons (Fsp3) is 0.125. The van der Waals surface area contributed by atoms with Gasteiger partial charge < -0.3 is 10.1 Å². The van der Waals surface area contributed by atoms with Crippen molar-refractivity contribution in [3.63, 3.8) is 0 Å². The summed E-state index contributed by atoms with van der Waals surface area (Å²) in [6.45, 7) is 1.88. The number of benzene rings is 2.